The zero-order chi connectivity index (χ0) is 13.1. The SMILES string of the molecule is CN1CCC(C(=O)N2CCN(CC(=O)O)CC2)C1. The lowest BCUT2D eigenvalue weighted by atomic mass is 10.1. The van der Waals surface area contributed by atoms with Gasteiger partial charge in [0, 0.05) is 32.7 Å². The molecule has 1 amide bonds. The highest BCUT2D eigenvalue weighted by Crippen LogP contribution is 2.18. The zero-order valence-corrected chi connectivity index (χ0v) is 10.8. The maximum Gasteiger partial charge on any atom is 0.317 e. The van der Waals surface area contributed by atoms with Crippen molar-refractivity contribution in [2.45, 2.75) is 6.42 Å². The van der Waals surface area contributed by atoms with Gasteiger partial charge in [-0.2, -0.15) is 0 Å². The van der Waals surface area contributed by atoms with Crippen LogP contribution >= 0.6 is 0 Å². The van der Waals surface area contributed by atoms with Gasteiger partial charge >= 0.3 is 5.97 Å². The smallest absolute Gasteiger partial charge is 0.317 e. The van der Waals surface area contributed by atoms with Crippen LogP contribution in [-0.2, 0) is 9.59 Å². The van der Waals surface area contributed by atoms with E-state index in [1.165, 1.54) is 0 Å². The number of carboxylic acids is 1. The molecule has 18 heavy (non-hydrogen) atoms. The molecule has 2 heterocycles. The van der Waals surface area contributed by atoms with Crippen molar-refractivity contribution in [2.24, 2.45) is 5.92 Å². The van der Waals surface area contributed by atoms with Gasteiger partial charge in [-0.05, 0) is 20.0 Å². The molecule has 0 aliphatic carbocycles. The predicted molar refractivity (Wildman–Crippen MR) is 66.3 cm³/mol. The van der Waals surface area contributed by atoms with Gasteiger partial charge in [0.2, 0.25) is 5.91 Å². The Hall–Kier alpha value is -1.14. The van der Waals surface area contributed by atoms with E-state index in [9.17, 15) is 9.59 Å². The number of piperazine rings is 1. The second-order valence-electron chi connectivity index (χ2n) is 5.24. The summed E-state index contributed by atoms with van der Waals surface area (Å²) in [4.78, 5) is 28.8. The molecule has 0 aromatic rings. The average Bonchev–Trinajstić information content (AvgIpc) is 2.75. The van der Waals surface area contributed by atoms with Crippen LogP contribution in [0.25, 0.3) is 0 Å². The summed E-state index contributed by atoms with van der Waals surface area (Å²) >= 11 is 0. The minimum atomic E-state index is -0.799. The average molecular weight is 255 g/mol. The number of hydrogen-bond donors (Lipinski definition) is 1. The molecule has 1 N–H and O–H groups in total. The third-order valence-electron chi connectivity index (χ3n) is 3.78. The van der Waals surface area contributed by atoms with E-state index in [2.05, 4.69) is 4.90 Å². The number of nitrogens with zero attached hydrogens (tertiary/aromatic N) is 3. The summed E-state index contributed by atoms with van der Waals surface area (Å²) in [5.74, 6) is -0.414. The molecule has 2 fully saturated rings. The molecule has 2 rings (SSSR count). The standard InChI is InChI=1S/C12H21N3O3/c1-13-3-2-10(8-13)12(18)15-6-4-14(5-7-15)9-11(16)17/h10H,2-9H2,1H3,(H,16,17). The molecule has 0 spiro atoms. The molecule has 1 atom stereocenters. The van der Waals surface area contributed by atoms with Crippen molar-refractivity contribution in [3.8, 4) is 0 Å². The summed E-state index contributed by atoms with van der Waals surface area (Å²) in [5.41, 5.74) is 0. The van der Waals surface area contributed by atoms with Crippen molar-refractivity contribution in [1.82, 2.24) is 14.7 Å². The van der Waals surface area contributed by atoms with E-state index in [0.717, 1.165) is 19.5 Å². The van der Waals surface area contributed by atoms with Gasteiger partial charge in [-0.25, -0.2) is 0 Å². The number of likely N-dealkylation sites (tertiary alicyclic amines) is 1. The zero-order valence-electron chi connectivity index (χ0n) is 10.8. The summed E-state index contributed by atoms with van der Waals surface area (Å²) in [6.07, 6.45) is 0.949. The highest BCUT2D eigenvalue weighted by Gasteiger charge is 2.31. The summed E-state index contributed by atoms with van der Waals surface area (Å²) in [5, 5.41) is 8.71. The second kappa shape index (κ2) is 5.67. The van der Waals surface area contributed by atoms with Crippen molar-refractivity contribution >= 4 is 11.9 Å². The summed E-state index contributed by atoms with van der Waals surface area (Å²) in [7, 11) is 2.04. The number of carboxylic acid groups (broad SMARTS) is 1. The van der Waals surface area contributed by atoms with Crippen LogP contribution in [0.5, 0.6) is 0 Å². The molecular formula is C12H21N3O3. The molecule has 1 unspecified atom stereocenters. The van der Waals surface area contributed by atoms with Crippen molar-refractivity contribution in [2.75, 3.05) is 52.9 Å². The molecule has 6 heteroatoms. The van der Waals surface area contributed by atoms with Gasteiger partial charge in [0.05, 0.1) is 12.5 Å². The lowest BCUT2D eigenvalue weighted by Crippen LogP contribution is -2.51. The van der Waals surface area contributed by atoms with Gasteiger partial charge in [-0.3, -0.25) is 14.5 Å². The van der Waals surface area contributed by atoms with E-state index in [-0.39, 0.29) is 18.4 Å². The normalized spacial score (nSPS) is 26.5. The van der Waals surface area contributed by atoms with Gasteiger partial charge in [0.15, 0.2) is 0 Å². The van der Waals surface area contributed by atoms with Crippen LogP contribution in [0, 0.1) is 5.92 Å². The lowest BCUT2D eigenvalue weighted by molar-refractivity contribution is -0.140. The Morgan fingerprint density at radius 1 is 1.17 bits per heavy atom. The van der Waals surface area contributed by atoms with E-state index in [4.69, 9.17) is 5.11 Å². The van der Waals surface area contributed by atoms with Crippen LogP contribution in [0.3, 0.4) is 0 Å². The molecule has 2 aliphatic rings. The Labute approximate surface area is 107 Å². The first-order valence-corrected chi connectivity index (χ1v) is 6.47. The van der Waals surface area contributed by atoms with Crippen LogP contribution in [0.4, 0.5) is 0 Å². The number of aliphatic carboxylic acids is 1. The van der Waals surface area contributed by atoms with Crippen molar-refractivity contribution in [1.29, 1.82) is 0 Å². The third kappa shape index (κ3) is 3.20. The van der Waals surface area contributed by atoms with Crippen LogP contribution < -0.4 is 0 Å². The minimum Gasteiger partial charge on any atom is -0.480 e. The van der Waals surface area contributed by atoms with E-state index < -0.39 is 5.97 Å². The Morgan fingerprint density at radius 3 is 2.33 bits per heavy atom. The molecule has 2 aliphatic heterocycles. The quantitative estimate of drug-likeness (QED) is 0.713. The fraction of sp³-hybridized carbons (Fsp3) is 0.833. The Morgan fingerprint density at radius 2 is 1.83 bits per heavy atom. The predicted octanol–water partition coefficient (Wildman–Crippen LogP) is -0.833. The first kappa shape index (κ1) is 13.3. The van der Waals surface area contributed by atoms with Gasteiger partial charge in [-0.15, -0.1) is 0 Å². The Bertz CT molecular complexity index is 327. The highest BCUT2D eigenvalue weighted by molar-refractivity contribution is 5.79. The molecule has 0 aromatic heterocycles. The fourth-order valence-corrected chi connectivity index (χ4v) is 2.71. The van der Waals surface area contributed by atoms with Gasteiger partial charge in [-0.1, -0.05) is 0 Å². The van der Waals surface area contributed by atoms with Crippen molar-refractivity contribution < 1.29 is 14.7 Å². The molecule has 2 saturated heterocycles. The summed E-state index contributed by atoms with van der Waals surface area (Å²) in [6, 6.07) is 0. The molecule has 102 valence electrons. The van der Waals surface area contributed by atoms with Crippen LogP contribution in [0.15, 0.2) is 0 Å². The van der Waals surface area contributed by atoms with E-state index in [1.54, 1.807) is 0 Å². The lowest BCUT2D eigenvalue weighted by Gasteiger charge is -2.35. The second-order valence-corrected chi connectivity index (χ2v) is 5.24. The number of carbonyl (C=O) groups is 2. The van der Waals surface area contributed by atoms with E-state index in [1.807, 2.05) is 16.8 Å². The number of carbonyl (C=O) groups excluding carboxylic acids is 1. The summed E-state index contributed by atoms with van der Waals surface area (Å²) < 4.78 is 0. The number of hydrogen-bond acceptors (Lipinski definition) is 4. The monoisotopic (exact) mass is 255 g/mol. The third-order valence-corrected chi connectivity index (χ3v) is 3.78. The highest BCUT2D eigenvalue weighted by atomic mass is 16.4. The fourth-order valence-electron chi connectivity index (χ4n) is 2.71. The number of amides is 1. The largest absolute Gasteiger partial charge is 0.480 e. The van der Waals surface area contributed by atoms with Crippen molar-refractivity contribution in [3.63, 3.8) is 0 Å². The Kier molecular flexibility index (Phi) is 4.19. The minimum absolute atomic E-state index is 0.0776. The molecule has 0 saturated carbocycles. The first-order valence-electron chi connectivity index (χ1n) is 6.47. The van der Waals surface area contributed by atoms with Gasteiger partial charge in [0.25, 0.3) is 0 Å². The molecule has 0 radical (unpaired) electrons. The molecule has 6 nitrogen and oxygen atoms in total. The Balaban J connectivity index is 1.79. The molecular weight excluding hydrogens is 234 g/mol. The van der Waals surface area contributed by atoms with E-state index in [0.29, 0.717) is 26.2 Å². The van der Waals surface area contributed by atoms with Crippen LogP contribution in [-0.4, -0.2) is 84.5 Å². The topological polar surface area (TPSA) is 64.1 Å². The van der Waals surface area contributed by atoms with E-state index >= 15 is 0 Å². The molecule has 0 aromatic carbocycles. The first-order chi connectivity index (χ1) is 8.56. The maximum atomic E-state index is 12.2. The van der Waals surface area contributed by atoms with Crippen LogP contribution in [0.2, 0.25) is 0 Å². The van der Waals surface area contributed by atoms with Gasteiger partial charge < -0.3 is 14.9 Å². The molecule has 0 bridgehead atoms. The number of rotatable bonds is 3. The van der Waals surface area contributed by atoms with Crippen molar-refractivity contribution in [3.05, 3.63) is 0 Å². The maximum absolute atomic E-state index is 12.2. The van der Waals surface area contributed by atoms with Crippen LogP contribution in [0.1, 0.15) is 6.42 Å². The van der Waals surface area contributed by atoms with Gasteiger partial charge in [0.1, 0.15) is 0 Å². The summed E-state index contributed by atoms with van der Waals surface area (Å²) in [6.45, 7) is 4.58.